The van der Waals surface area contributed by atoms with E-state index in [2.05, 4.69) is 107 Å². The van der Waals surface area contributed by atoms with E-state index < -0.39 is 0 Å². The van der Waals surface area contributed by atoms with E-state index in [1.165, 1.54) is 113 Å². The molecule has 0 nitrogen and oxygen atoms in total. The highest BCUT2D eigenvalue weighted by Gasteiger charge is 2.38. The summed E-state index contributed by atoms with van der Waals surface area (Å²) in [7, 11) is 3.30. The van der Waals surface area contributed by atoms with Gasteiger partial charge < -0.3 is 0 Å². The molecule has 0 fully saturated rings. The number of hydrogen-bond donors (Lipinski definition) is 0. The van der Waals surface area contributed by atoms with Gasteiger partial charge in [-0.1, -0.05) is 188 Å². The van der Waals surface area contributed by atoms with Gasteiger partial charge in [0.2, 0.25) is 0 Å². The van der Waals surface area contributed by atoms with Crippen molar-refractivity contribution in [1.82, 2.24) is 0 Å². The Labute approximate surface area is 243 Å². The van der Waals surface area contributed by atoms with Crippen molar-refractivity contribution >= 4 is 21.6 Å². The van der Waals surface area contributed by atoms with Crippen molar-refractivity contribution in [2.45, 2.75) is 114 Å². The average molecular weight is 551 g/mol. The molecule has 0 N–H and O–H groups in total. The number of halogens is 1. The first-order chi connectivity index (χ1) is 18.3. The number of hydrogen-bond acceptors (Lipinski definition) is 0. The molecule has 0 bridgehead atoms. The van der Waals surface area contributed by atoms with Gasteiger partial charge in [0.25, 0.3) is 0 Å². The summed E-state index contributed by atoms with van der Waals surface area (Å²) in [6, 6.07) is 33.4. The lowest BCUT2D eigenvalue weighted by atomic mass is 9.74. The van der Waals surface area contributed by atoms with Gasteiger partial charge in [0.15, 0.2) is 0 Å². The van der Waals surface area contributed by atoms with Gasteiger partial charge in [-0.2, -0.15) is 0 Å². The molecule has 0 heterocycles. The highest BCUT2D eigenvalue weighted by molar-refractivity contribution is 7.19. The molecule has 208 valence electrons. The Morgan fingerprint density at radius 2 is 0.842 bits per heavy atom. The first kappa shape index (κ1) is 32.6. The molecule has 0 spiro atoms. The van der Waals surface area contributed by atoms with Crippen LogP contribution in [-0.4, -0.2) is 0 Å². The van der Waals surface area contributed by atoms with Crippen molar-refractivity contribution in [3.8, 4) is 0 Å². The molecule has 0 aliphatic carbocycles. The summed E-state index contributed by atoms with van der Waals surface area (Å²) in [6.07, 6.45) is 20.9. The van der Waals surface area contributed by atoms with Crippen LogP contribution in [0.3, 0.4) is 0 Å². The van der Waals surface area contributed by atoms with E-state index in [1.54, 1.807) is 0 Å². The molecule has 2 unspecified atom stereocenters. The van der Waals surface area contributed by atoms with E-state index in [0.717, 1.165) is 0 Å². The van der Waals surface area contributed by atoms with E-state index in [9.17, 15) is 0 Å². The first-order valence-corrected chi connectivity index (χ1v) is 15.8. The minimum Gasteiger partial charge on any atom is -0.147 e. The Hall–Kier alpha value is -1.62. The van der Waals surface area contributed by atoms with Crippen molar-refractivity contribution in [3.63, 3.8) is 0 Å². The monoisotopic (exact) mass is 550 g/mol. The summed E-state index contributed by atoms with van der Waals surface area (Å²) >= 11 is 0. The lowest BCUT2D eigenvalue weighted by molar-refractivity contribution is 0.476. The van der Waals surface area contributed by atoms with E-state index in [4.69, 9.17) is 0 Å². The van der Waals surface area contributed by atoms with Gasteiger partial charge in [-0.3, -0.25) is 0 Å². The highest BCUT2D eigenvalue weighted by Crippen LogP contribution is 2.51. The Bertz CT molecular complexity index is 901. The molecule has 0 aromatic heterocycles. The van der Waals surface area contributed by atoms with Gasteiger partial charge in [0, 0.05) is 11.1 Å². The zero-order valence-electron chi connectivity index (χ0n) is 23.8. The molecule has 3 rings (SSSR count). The second kappa shape index (κ2) is 19.4. The molecule has 3 aromatic carbocycles. The standard InChI is InChI=1S/C36H51P.ClH/c1-2-3-4-5-6-7-8-9-10-11-12-13-14-24-31-35(32-25-18-15-19-26-32)36(37,33-27-20-16-21-28-33)34-29-22-17-23-30-34;/h15-23,25-30,35H,2-14,24,31,37H2,1H3;1H. The zero-order valence-corrected chi connectivity index (χ0v) is 25.8. The summed E-state index contributed by atoms with van der Waals surface area (Å²) in [5, 5.41) is -0.138. The molecule has 3 aromatic rings. The molecule has 0 saturated carbocycles. The van der Waals surface area contributed by atoms with Crippen LogP contribution in [0.5, 0.6) is 0 Å². The van der Waals surface area contributed by atoms with Crippen LogP contribution < -0.4 is 0 Å². The second-order valence-electron chi connectivity index (χ2n) is 10.9. The third kappa shape index (κ3) is 10.5. The second-order valence-corrected chi connectivity index (χ2v) is 11.9. The van der Waals surface area contributed by atoms with Crippen molar-refractivity contribution in [2.24, 2.45) is 0 Å². The molecule has 0 aliphatic heterocycles. The quantitative estimate of drug-likeness (QED) is 0.103. The molecule has 0 aliphatic rings. The normalized spacial score (nSPS) is 12.2. The van der Waals surface area contributed by atoms with Crippen LogP contribution in [0.4, 0.5) is 0 Å². The van der Waals surface area contributed by atoms with Crippen LogP contribution in [-0.2, 0) is 5.16 Å². The highest BCUT2D eigenvalue weighted by atomic mass is 35.5. The predicted molar refractivity (Wildman–Crippen MR) is 175 cm³/mol. The summed E-state index contributed by atoms with van der Waals surface area (Å²) in [5.41, 5.74) is 4.20. The maximum Gasteiger partial charge on any atom is 0.0412 e. The molecule has 2 atom stereocenters. The Morgan fingerprint density at radius 3 is 1.24 bits per heavy atom. The lowest BCUT2D eigenvalue weighted by Gasteiger charge is -2.39. The van der Waals surface area contributed by atoms with Crippen molar-refractivity contribution in [2.75, 3.05) is 0 Å². The fraction of sp³-hybridized carbons (Fsp3) is 0.500. The van der Waals surface area contributed by atoms with Crippen molar-refractivity contribution in [3.05, 3.63) is 108 Å². The molecule has 0 radical (unpaired) electrons. The molecule has 0 saturated heterocycles. The van der Waals surface area contributed by atoms with Crippen LogP contribution in [0.2, 0.25) is 0 Å². The molecule has 2 heteroatoms. The van der Waals surface area contributed by atoms with E-state index in [-0.39, 0.29) is 17.6 Å². The lowest BCUT2D eigenvalue weighted by Crippen LogP contribution is -2.29. The third-order valence-electron chi connectivity index (χ3n) is 8.10. The molecule has 0 amide bonds. The fourth-order valence-electron chi connectivity index (χ4n) is 5.88. The summed E-state index contributed by atoms with van der Waals surface area (Å²) in [4.78, 5) is 0. The van der Waals surface area contributed by atoms with Crippen LogP contribution in [0.15, 0.2) is 91.0 Å². The van der Waals surface area contributed by atoms with Gasteiger partial charge in [0.1, 0.15) is 0 Å². The summed E-state index contributed by atoms with van der Waals surface area (Å²) in [5.74, 6) is 0.417. The summed E-state index contributed by atoms with van der Waals surface area (Å²) in [6.45, 7) is 2.30. The largest absolute Gasteiger partial charge is 0.147 e. The fourth-order valence-corrected chi connectivity index (χ4v) is 6.63. The van der Waals surface area contributed by atoms with Crippen molar-refractivity contribution < 1.29 is 0 Å². The van der Waals surface area contributed by atoms with Gasteiger partial charge >= 0.3 is 0 Å². The van der Waals surface area contributed by atoms with Gasteiger partial charge in [-0.25, -0.2) is 0 Å². The van der Waals surface area contributed by atoms with Gasteiger partial charge in [-0.05, 0) is 23.1 Å². The molecule has 38 heavy (non-hydrogen) atoms. The van der Waals surface area contributed by atoms with E-state index in [1.807, 2.05) is 0 Å². The van der Waals surface area contributed by atoms with Crippen LogP contribution >= 0.6 is 21.6 Å². The maximum atomic E-state index is 3.30. The van der Waals surface area contributed by atoms with Crippen LogP contribution in [0.1, 0.15) is 126 Å². The van der Waals surface area contributed by atoms with E-state index in [0.29, 0.717) is 5.92 Å². The van der Waals surface area contributed by atoms with Gasteiger partial charge in [0.05, 0.1) is 0 Å². The zero-order chi connectivity index (χ0) is 26.0. The number of rotatable bonds is 19. The minimum atomic E-state index is -0.138. The minimum absolute atomic E-state index is 0. The van der Waals surface area contributed by atoms with E-state index >= 15 is 0 Å². The van der Waals surface area contributed by atoms with Crippen LogP contribution in [0, 0.1) is 0 Å². The number of benzene rings is 3. The van der Waals surface area contributed by atoms with Gasteiger partial charge in [-0.15, -0.1) is 21.6 Å². The van der Waals surface area contributed by atoms with Crippen molar-refractivity contribution in [1.29, 1.82) is 0 Å². The number of unbranched alkanes of at least 4 members (excludes halogenated alkanes) is 13. The topological polar surface area (TPSA) is 0 Å². The maximum absolute atomic E-state index is 3.30. The molecular weight excluding hydrogens is 499 g/mol. The Kier molecular flexibility index (Phi) is 16.7. The smallest absolute Gasteiger partial charge is 0.0412 e. The summed E-state index contributed by atoms with van der Waals surface area (Å²) < 4.78 is 0. The SMILES string of the molecule is CCCCCCCCCCCCCCCCC(c1ccccc1)C(P)(c1ccccc1)c1ccccc1.Cl. The Balaban J connectivity index is 0.00000507. The van der Waals surface area contributed by atoms with Crippen LogP contribution in [0.25, 0.3) is 0 Å². The predicted octanol–water partition coefficient (Wildman–Crippen LogP) is 11.9. The average Bonchev–Trinajstić information content (AvgIpc) is 2.96. The first-order valence-electron chi connectivity index (χ1n) is 15.2. The molecular formula is C36H52ClP. The Morgan fingerprint density at radius 1 is 0.500 bits per heavy atom. The third-order valence-corrected chi connectivity index (χ3v) is 9.17.